The lowest BCUT2D eigenvalue weighted by atomic mass is 10.0. The molecule has 1 heterocycles. The van der Waals surface area contributed by atoms with Gasteiger partial charge in [0.05, 0.1) is 23.8 Å². The lowest BCUT2D eigenvalue weighted by Gasteiger charge is -2.25. The lowest BCUT2D eigenvalue weighted by Crippen LogP contribution is -2.44. The highest BCUT2D eigenvalue weighted by Gasteiger charge is 2.31. The van der Waals surface area contributed by atoms with Crippen molar-refractivity contribution in [2.75, 3.05) is 10.7 Å². The minimum atomic E-state index is -0.829. The fourth-order valence-corrected chi connectivity index (χ4v) is 4.47. The summed E-state index contributed by atoms with van der Waals surface area (Å²) in [7, 11) is 0. The smallest absolute Gasteiger partial charge is 0.245 e. The van der Waals surface area contributed by atoms with Crippen LogP contribution >= 0.6 is 23.4 Å². The second-order valence-electron chi connectivity index (χ2n) is 7.26. The zero-order valence-electron chi connectivity index (χ0n) is 16.6. The summed E-state index contributed by atoms with van der Waals surface area (Å²) in [6.45, 7) is 1.92. The van der Waals surface area contributed by atoms with Gasteiger partial charge in [0.25, 0.3) is 0 Å². The van der Waals surface area contributed by atoms with Crippen molar-refractivity contribution in [3.8, 4) is 0 Å². The maximum absolute atomic E-state index is 14.7. The van der Waals surface area contributed by atoms with Crippen LogP contribution in [0.4, 0.5) is 14.5 Å². The van der Waals surface area contributed by atoms with E-state index in [-0.39, 0.29) is 40.7 Å². The van der Waals surface area contributed by atoms with Gasteiger partial charge in [-0.25, -0.2) is 8.78 Å². The number of benzene rings is 2. The third kappa shape index (κ3) is 5.02. The van der Waals surface area contributed by atoms with E-state index in [2.05, 4.69) is 0 Å². The Bertz CT molecular complexity index is 970. The Labute approximate surface area is 183 Å². The van der Waals surface area contributed by atoms with Crippen LogP contribution in [0.5, 0.6) is 0 Å². The Morgan fingerprint density at radius 2 is 2.00 bits per heavy atom. The molecule has 0 radical (unpaired) electrons. The molecule has 0 bridgehead atoms. The first kappa shape index (κ1) is 22.7. The third-order valence-corrected chi connectivity index (χ3v) is 6.39. The fourth-order valence-electron chi connectivity index (χ4n) is 3.31. The van der Waals surface area contributed by atoms with Gasteiger partial charge < -0.3 is 10.6 Å². The number of ketones is 1. The minimum absolute atomic E-state index is 0.0599. The van der Waals surface area contributed by atoms with E-state index >= 15 is 0 Å². The molecule has 0 aromatic heterocycles. The number of halogens is 3. The number of hydrogen-bond donors (Lipinski definition) is 1. The van der Waals surface area contributed by atoms with Gasteiger partial charge in [0.2, 0.25) is 5.91 Å². The molecule has 1 aliphatic rings. The number of Topliss-reactive ketones (excluding diaryl/α,β-unsaturated/α-hetero) is 1. The Balaban J connectivity index is 2.01. The summed E-state index contributed by atoms with van der Waals surface area (Å²) in [6.07, 6.45) is 2.73. The van der Waals surface area contributed by atoms with Crippen molar-refractivity contribution >= 4 is 40.7 Å². The number of amides is 1. The number of thioether (sulfide) groups is 1. The molecule has 0 unspecified atom stereocenters. The molecular weight excluding hydrogens is 430 g/mol. The topological polar surface area (TPSA) is 63.4 Å². The molecule has 0 saturated heterocycles. The molecule has 1 atom stereocenters. The quantitative estimate of drug-likeness (QED) is 0.454. The summed E-state index contributed by atoms with van der Waals surface area (Å²) in [6, 6.07) is 6.03. The predicted octanol–water partition coefficient (Wildman–Crippen LogP) is 5.35. The average Bonchev–Trinajstić information content (AvgIpc) is 2.81. The number of hydrogen-bond acceptors (Lipinski definition) is 4. The van der Waals surface area contributed by atoms with E-state index in [0.29, 0.717) is 17.0 Å². The molecule has 1 aliphatic heterocycles. The molecule has 1 amide bonds. The van der Waals surface area contributed by atoms with E-state index in [0.717, 1.165) is 12.8 Å². The van der Waals surface area contributed by atoms with Gasteiger partial charge in [-0.05, 0) is 30.7 Å². The monoisotopic (exact) mass is 452 g/mol. The molecule has 2 aromatic carbocycles. The summed E-state index contributed by atoms with van der Waals surface area (Å²) < 4.78 is 29.1. The number of rotatable bonds is 7. The number of carbonyl (C=O) groups excluding carboxylic acids is 2. The van der Waals surface area contributed by atoms with Crippen molar-refractivity contribution in [1.29, 1.82) is 0 Å². The van der Waals surface area contributed by atoms with Crippen molar-refractivity contribution < 1.29 is 18.4 Å². The van der Waals surface area contributed by atoms with Crippen LogP contribution < -0.4 is 10.6 Å². The summed E-state index contributed by atoms with van der Waals surface area (Å²) in [5.41, 5.74) is 6.55. The van der Waals surface area contributed by atoms with Crippen LogP contribution in [-0.4, -0.2) is 23.5 Å². The van der Waals surface area contributed by atoms with E-state index in [4.69, 9.17) is 17.3 Å². The highest BCUT2D eigenvalue weighted by atomic mass is 35.5. The van der Waals surface area contributed by atoms with Gasteiger partial charge in [0.15, 0.2) is 5.78 Å². The van der Waals surface area contributed by atoms with Crippen molar-refractivity contribution in [3.05, 3.63) is 58.1 Å². The molecule has 0 aliphatic carbocycles. The van der Waals surface area contributed by atoms with Gasteiger partial charge in [-0.2, -0.15) is 0 Å². The van der Waals surface area contributed by atoms with Gasteiger partial charge >= 0.3 is 0 Å². The number of nitrogens with two attached hydrogens (primary N) is 1. The van der Waals surface area contributed by atoms with E-state index in [9.17, 15) is 18.4 Å². The minimum Gasteiger partial charge on any atom is -0.319 e. The second kappa shape index (κ2) is 9.90. The number of unbranched alkanes of at least 4 members (excludes halogenated alkanes) is 2. The molecule has 4 nitrogen and oxygen atoms in total. The van der Waals surface area contributed by atoms with E-state index in [1.807, 2.05) is 6.92 Å². The van der Waals surface area contributed by atoms with Gasteiger partial charge in [0, 0.05) is 27.7 Å². The van der Waals surface area contributed by atoms with Crippen molar-refractivity contribution in [1.82, 2.24) is 0 Å². The Kier molecular flexibility index (Phi) is 7.50. The zero-order chi connectivity index (χ0) is 21.8. The summed E-state index contributed by atoms with van der Waals surface area (Å²) in [4.78, 5) is 27.3. The molecule has 160 valence electrons. The van der Waals surface area contributed by atoms with Crippen LogP contribution in [0.2, 0.25) is 5.02 Å². The molecule has 2 aromatic rings. The number of nitrogens with zero attached hydrogens (tertiary/aromatic N) is 1. The lowest BCUT2D eigenvalue weighted by molar-refractivity contribution is -0.119. The van der Waals surface area contributed by atoms with Gasteiger partial charge in [0.1, 0.15) is 11.6 Å². The van der Waals surface area contributed by atoms with Gasteiger partial charge in [-0.3, -0.25) is 9.59 Å². The summed E-state index contributed by atoms with van der Waals surface area (Å²) >= 11 is 7.07. The molecule has 2 N–H and O–H groups in total. The number of fused-ring (bicyclic) bond motifs is 1. The maximum atomic E-state index is 14.7. The SMILES string of the molecule is CCCCCC(=O)c1cc2c(cc1F)SC[C@H](N)C(=O)N2Cc1ccc(Cl)cc1F. The fraction of sp³-hybridized carbons (Fsp3) is 0.364. The Morgan fingerprint density at radius 1 is 1.23 bits per heavy atom. The second-order valence-corrected chi connectivity index (χ2v) is 8.76. The number of carbonyl (C=O) groups is 2. The molecule has 30 heavy (non-hydrogen) atoms. The molecule has 8 heteroatoms. The predicted molar refractivity (Wildman–Crippen MR) is 116 cm³/mol. The van der Waals surface area contributed by atoms with Gasteiger partial charge in [-0.15, -0.1) is 11.8 Å². The van der Waals surface area contributed by atoms with Gasteiger partial charge in [-0.1, -0.05) is 37.4 Å². The Hall–Kier alpha value is -1.96. The van der Waals surface area contributed by atoms with E-state index < -0.39 is 23.6 Å². The van der Waals surface area contributed by atoms with Crippen LogP contribution in [-0.2, 0) is 11.3 Å². The maximum Gasteiger partial charge on any atom is 0.245 e. The normalized spacial score (nSPS) is 16.4. The van der Waals surface area contributed by atoms with E-state index in [1.165, 1.54) is 47.0 Å². The van der Waals surface area contributed by atoms with Crippen LogP contribution in [0.1, 0.15) is 48.5 Å². The Morgan fingerprint density at radius 3 is 2.70 bits per heavy atom. The molecule has 0 saturated carbocycles. The van der Waals surface area contributed by atoms with Crippen LogP contribution in [0.25, 0.3) is 0 Å². The largest absolute Gasteiger partial charge is 0.319 e. The third-order valence-electron chi connectivity index (χ3n) is 4.99. The van der Waals surface area contributed by atoms with Crippen molar-refractivity contribution in [3.63, 3.8) is 0 Å². The first-order valence-electron chi connectivity index (χ1n) is 9.82. The van der Waals surface area contributed by atoms with Crippen molar-refractivity contribution in [2.45, 2.75) is 50.1 Å². The first-order chi connectivity index (χ1) is 14.3. The highest BCUT2D eigenvalue weighted by molar-refractivity contribution is 7.99. The zero-order valence-corrected chi connectivity index (χ0v) is 18.2. The first-order valence-corrected chi connectivity index (χ1v) is 11.2. The molecule has 3 rings (SSSR count). The van der Waals surface area contributed by atoms with Crippen LogP contribution in [0, 0.1) is 11.6 Å². The molecule has 0 spiro atoms. The van der Waals surface area contributed by atoms with Crippen molar-refractivity contribution in [2.24, 2.45) is 5.73 Å². The van der Waals surface area contributed by atoms with Crippen LogP contribution in [0.15, 0.2) is 35.2 Å². The summed E-state index contributed by atoms with van der Waals surface area (Å²) in [5.74, 6) is -1.64. The highest BCUT2D eigenvalue weighted by Crippen LogP contribution is 2.37. The molecular formula is C22H23ClF2N2O2S. The number of anilines is 1. The van der Waals surface area contributed by atoms with Crippen LogP contribution in [0.3, 0.4) is 0 Å². The van der Waals surface area contributed by atoms with E-state index in [1.54, 1.807) is 0 Å². The average molecular weight is 453 g/mol. The molecule has 0 fully saturated rings. The summed E-state index contributed by atoms with van der Waals surface area (Å²) in [5, 5.41) is 0.244. The standard InChI is InChI=1S/C22H23ClF2N2O2S/c1-2-3-4-5-20(28)15-9-19-21(10-17(15)25)30-12-18(26)22(29)27(19)11-13-6-7-14(23)8-16(13)24/h6-10,18H,2-5,11-12,26H2,1H3/t18-/m0/s1.